The third kappa shape index (κ3) is 7.11. The minimum atomic E-state index is -0.836. The number of aliphatic carboxylic acids is 1. The Morgan fingerprint density at radius 2 is 1.55 bits per heavy atom. The van der Waals surface area contributed by atoms with E-state index in [0.29, 0.717) is 6.61 Å². The Bertz CT molecular complexity index is 854. The molecule has 3 rings (SSSR count). The number of rotatable bonds is 8. The summed E-state index contributed by atoms with van der Waals surface area (Å²) in [6.07, 6.45) is -0.316. The van der Waals surface area contributed by atoms with Gasteiger partial charge in [0, 0.05) is 19.0 Å². The van der Waals surface area contributed by atoms with Crippen LogP contribution in [0.4, 0.5) is 4.79 Å². The van der Waals surface area contributed by atoms with Gasteiger partial charge in [-0.1, -0.05) is 48.5 Å². The van der Waals surface area contributed by atoms with Gasteiger partial charge in [-0.2, -0.15) is 0 Å². The van der Waals surface area contributed by atoms with Crippen LogP contribution in [0.25, 0.3) is 11.1 Å². The lowest BCUT2D eigenvalue weighted by Gasteiger charge is -2.14. The van der Waals surface area contributed by atoms with Crippen LogP contribution in [0.3, 0.4) is 0 Å². The van der Waals surface area contributed by atoms with Crippen molar-refractivity contribution in [1.82, 2.24) is 5.32 Å². The molecule has 0 atom stereocenters. The zero-order chi connectivity index (χ0) is 22.6. The van der Waals surface area contributed by atoms with Crippen LogP contribution >= 0.6 is 0 Å². The minimum Gasteiger partial charge on any atom is -0.481 e. The molecule has 0 unspecified atom stereocenters. The number of ether oxygens (including phenoxy) is 2. The van der Waals surface area contributed by atoms with Crippen molar-refractivity contribution in [3.8, 4) is 11.1 Å². The molecule has 166 valence electrons. The Labute approximate surface area is 181 Å². The number of esters is 1. The molecule has 0 fully saturated rings. The number of nitrogens with two attached hydrogens (primary N) is 1. The maximum absolute atomic E-state index is 11.9. The zero-order valence-corrected chi connectivity index (χ0v) is 17.5. The Morgan fingerprint density at radius 3 is 2.03 bits per heavy atom. The minimum absolute atomic E-state index is 0.0307. The lowest BCUT2D eigenvalue weighted by atomic mass is 9.98. The van der Waals surface area contributed by atoms with Gasteiger partial charge in [0.15, 0.2) is 0 Å². The maximum Gasteiger partial charge on any atom is 0.407 e. The average molecular weight is 428 g/mol. The van der Waals surface area contributed by atoms with Crippen LogP contribution < -0.4 is 11.1 Å². The summed E-state index contributed by atoms with van der Waals surface area (Å²) in [4.78, 5) is 32.6. The lowest BCUT2D eigenvalue weighted by Crippen LogP contribution is -2.28. The molecule has 0 saturated carbocycles. The van der Waals surface area contributed by atoms with Crippen molar-refractivity contribution < 1.29 is 29.0 Å². The number of carboxylic acids is 1. The van der Waals surface area contributed by atoms with E-state index in [0.717, 1.165) is 0 Å². The quantitative estimate of drug-likeness (QED) is 0.552. The van der Waals surface area contributed by atoms with Crippen LogP contribution in [-0.4, -0.2) is 49.4 Å². The van der Waals surface area contributed by atoms with Crippen molar-refractivity contribution in [3.05, 3.63) is 59.7 Å². The SMILES string of the molecule is CCOC(=O)CCNC(=O)OCC1c2ccccc2-c2ccccc21.NCCC(=O)O. The third-order valence-electron chi connectivity index (χ3n) is 4.61. The number of amides is 1. The summed E-state index contributed by atoms with van der Waals surface area (Å²) in [5, 5.41) is 10.4. The summed E-state index contributed by atoms with van der Waals surface area (Å²) in [5.41, 5.74) is 9.57. The third-order valence-corrected chi connectivity index (χ3v) is 4.61. The molecule has 0 aromatic heterocycles. The maximum atomic E-state index is 11.9. The molecule has 1 aliphatic rings. The van der Waals surface area contributed by atoms with E-state index >= 15 is 0 Å². The number of carbonyl (C=O) groups is 3. The van der Waals surface area contributed by atoms with E-state index in [1.807, 2.05) is 24.3 Å². The molecule has 0 saturated heterocycles. The van der Waals surface area contributed by atoms with E-state index in [-0.39, 0.29) is 44.4 Å². The summed E-state index contributed by atoms with van der Waals surface area (Å²) in [5.74, 6) is -1.14. The van der Waals surface area contributed by atoms with Gasteiger partial charge >= 0.3 is 18.0 Å². The van der Waals surface area contributed by atoms with Crippen molar-refractivity contribution in [1.29, 1.82) is 0 Å². The van der Waals surface area contributed by atoms with Gasteiger partial charge in [-0.05, 0) is 29.2 Å². The van der Waals surface area contributed by atoms with Crippen LogP contribution in [0, 0.1) is 0 Å². The van der Waals surface area contributed by atoms with Crippen molar-refractivity contribution >= 4 is 18.0 Å². The molecule has 0 radical (unpaired) electrons. The second-order valence-corrected chi connectivity index (χ2v) is 6.74. The highest BCUT2D eigenvalue weighted by atomic mass is 16.5. The number of hydrogen-bond donors (Lipinski definition) is 3. The van der Waals surface area contributed by atoms with Gasteiger partial charge < -0.3 is 25.6 Å². The number of hydrogen-bond acceptors (Lipinski definition) is 6. The molecule has 8 heteroatoms. The summed E-state index contributed by atoms with van der Waals surface area (Å²) in [6.45, 7) is 2.78. The zero-order valence-electron chi connectivity index (χ0n) is 17.5. The van der Waals surface area contributed by atoms with Crippen LogP contribution in [0.1, 0.15) is 36.8 Å². The summed E-state index contributed by atoms with van der Waals surface area (Å²) >= 11 is 0. The largest absolute Gasteiger partial charge is 0.481 e. The van der Waals surface area contributed by atoms with Gasteiger partial charge in [0.05, 0.1) is 19.4 Å². The molecule has 4 N–H and O–H groups in total. The predicted octanol–water partition coefficient (Wildman–Crippen LogP) is 2.90. The van der Waals surface area contributed by atoms with E-state index in [4.69, 9.17) is 20.3 Å². The highest BCUT2D eigenvalue weighted by molar-refractivity contribution is 5.79. The van der Waals surface area contributed by atoms with E-state index in [2.05, 4.69) is 29.6 Å². The molecule has 31 heavy (non-hydrogen) atoms. The predicted molar refractivity (Wildman–Crippen MR) is 116 cm³/mol. The number of benzene rings is 2. The van der Waals surface area contributed by atoms with Gasteiger partial charge in [0.25, 0.3) is 0 Å². The van der Waals surface area contributed by atoms with Gasteiger partial charge in [-0.3, -0.25) is 9.59 Å². The second-order valence-electron chi connectivity index (χ2n) is 6.74. The normalized spacial score (nSPS) is 11.4. The van der Waals surface area contributed by atoms with Crippen molar-refractivity contribution in [3.63, 3.8) is 0 Å². The molecule has 0 bridgehead atoms. The van der Waals surface area contributed by atoms with E-state index in [9.17, 15) is 14.4 Å². The second kappa shape index (κ2) is 12.3. The number of nitrogens with one attached hydrogen (secondary N) is 1. The van der Waals surface area contributed by atoms with E-state index in [1.54, 1.807) is 6.92 Å². The Morgan fingerprint density at radius 1 is 0.968 bits per heavy atom. The van der Waals surface area contributed by atoms with Crippen LogP contribution in [0.2, 0.25) is 0 Å². The van der Waals surface area contributed by atoms with Crippen molar-refractivity contribution in [2.45, 2.75) is 25.7 Å². The Kier molecular flexibility index (Phi) is 9.51. The fourth-order valence-electron chi connectivity index (χ4n) is 3.27. The molecule has 1 aliphatic carbocycles. The highest BCUT2D eigenvalue weighted by Gasteiger charge is 2.28. The van der Waals surface area contributed by atoms with Crippen LogP contribution in [-0.2, 0) is 19.1 Å². The van der Waals surface area contributed by atoms with Gasteiger partial charge in [-0.15, -0.1) is 0 Å². The standard InChI is InChI=1S/C20H21NO4.C3H7NO2/c1-2-24-19(22)11-12-21-20(23)25-13-18-16-9-5-3-7-14(16)15-8-4-6-10-17(15)18;4-2-1-3(5)6/h3-10,18H,2,11-13H2,1H3,(H,21,23);1-2,4H2,(H,5,6). The lowest BCUT2D eigenvalue weighted by molar-refractivity contribution is -0.143. The van der Waals surface area contributed by atoms with Gasteiger partial charge in [0.1, 0.15) is 6.61 Å². The first-order valence-corrected chi connectivity index (χ1v) is 10.1. The summed E-state index contributed by atoms with van der Waals surface area (Å²) in [7, 11) is 0. The topological polar surface area (TPSA) is 128 Å². The molecule has 2 aromatic carbocycles. The number of carboxylic acid groups (broad SMARTS) is 1. The van der Waals surface area contributed by atoms with Crippen molar-refractivity contribution in [2.75, 3.05) is 26.3 Å². The van der Waals surface area contributed by atoms with Gasteiger partial charge in [-0.25, -0.2) is 4.79 Å². The fourth-order valence-corrected chi connectivity index (χ4v) is 3.27. The Balaban J connectivity index is 0.000000501. The smallest absolute Gasteiger partial charge is 0.407 e. The molecule has 1 amide bonds. The summed E-state index contributed by atoms with van der Waals surface area (Å²) < 4.78 is 10.2. The Hall–Kier alpha value is -3.39. The van der Waals surface area contributed by atoms with Crippen molar-refractivity contribution in [2.24, 2.45) is 5.73 Å². The molecular formula is C23H28N2O6. The molecule has 0 spiro atoms. The molecule has 0 heterocycles. The molecular weight excluding hydrogens is 400 g/mol. The fraction of sp³-hybridized carbons (Fsp3) is 0.348. The van der Waals surface area contributed by atoms with Crippen LogP contribution in [0.15, 0.2) is 48.5 Å². The van der Waals surface area contributed by atoms with E-state index in [1.165, 1.54) is 22.3 Å². The first-order chi connectivity index (χ1) is 15.0. The van der Waals surface area contributed by atoms with Crippen LogP contribution in [0.5, 0.6) is 0 Å². The summed E-state index contributed by atoms with van der Waals surface area (Å²) in [6, 6.07) is 16.3. The molecule has 2 aromatic rings. The van der Waals surface area contributed by atoms with E-state index < -0.39 is 12.1 Å². The van der Waals surface area contributed by atoms with Gasteiger partial charge in [0.2, 0.25) is 0 Å². The number of carbonyl (C=O) groups excluding carboxylic acids is 2. The monoisotopic (exact) mass is 428 g/mol. The molecule has 8 nitrogen and oxygen atoms in total. The first kappa shape index (κ1) is 23.9. The average Bonchev–Trinajstić information content (AvgIpc) is 3.07. The number of fused-ring (bicyclic) bond motifs is 3. The highest BCUT2D eigenvalue weighted by Crippen LogP contribution is 2.44. The number of alkyl carbamates (subject to hydrolysis) is 1. The first-order valence-electron chi connectivity index (χ1n) is 10.1. The molecule has 0 aliphatic heterocycles.